The third-order valence-corrected chi connectivity index (χ3v) is 2.86. The van der Waals surface area contributed by atoms with E-state index >= 15 is 0 Å². The summed E-state index contributed by atoms with van der Waals surface area (Å²) in [7, 11) is 0. The van der Waals surface area contributed by atoms with E-state index in [0.29, 0.717) is 11.8 Å². The number of carbonyl (C=O) groups is 1. The molecule has 1 atom stereocenters. The number of amides is 1. The van der Waals surface area contributed by atoms with Gasteiger partial charge in [0, 0.05) is 19.4 Å². The zero-order chi connectivity index (χ0) is 11.7. The minimum Gasteiger partial charge on any atom is -0.423 e. The molecule has 1 aliphatic rings. The Kier molecular flexibility index (Phi) is 2.94. The second kappa shape index (κ2) is 4.23. The van der Waals surface area contributed by atoms with E-state index in [1.165, 1.54) is 0 Å². The topological polar surface area (TPSA) is 59.2 Å². The summed E-state index contributed by atoms with van der Waals surface area (Å²) in [5.41, 5.74) is 0. The van der Waals surface area contributed by atoms with Crippen LogP contribution in [0.15, 0.2) is 4.42 Å². The fourth-order valence-corrected chi connectivity index (χ4v) is 2.07. The molecule has 5 nitrogen and oxygen atoms in total. The molecule has 1 saturated heterocycles. The summed E-state index contributed by atoms with van der Waals surface area (Å²) in [6.07, 6.45) is 1.92. The molecule has 1 aromatic rings. The van der Waals surface area contributed by atoms with Gasteiger partial charge in [-0.3, -0.25) is 4.79 Å². The van der Waals surface area contributed by atoms with E-state index < -0.39 is 0 Å². The molecule has 1 aliphatic heterocycles. The zero-order valence-corrected chi connectivity index (χ0v) is 9.93. The molecule has 1 fully saturated rings. The number of rotatable bonds is 2. The van der Waals surface area contributed by atoms with Crippen LogP contribution in [0.25, 0.3) is 0 Å². The number of likely N-dealkylation sites (tertiary alicyclic amines) is 1. The first-order valence-electron chi connectivity index (χ1n) is 5.70. The first-order valence-corrected chi connectivity index (χ1v) is 5.70. The van der Waals surface area contributed by atoms with Gasteiger partial charge in [0.05, 0.1) is 0 Å². The monoisotopic (exact) mass is 223 g/mol. The number of aryl methyl sites for hydroxylation is 1. The van der Waals surface area contributed by atoms with Crippen molar-refractivity contribution in [3.05, 3.63) is 11.8 Å². The summed E-state index contributed by atoms with van der Waals surface area (Å²) in [6.45, 7) is 6.39. The molecule has 0 spiro atoms. The van der Waals surface area contributed by atoms with Crippen LogP contribution in [-0.2, 0) is 4.79 Å². The van der Waals surface area contributed by atoms with Crippen molar-refractivity contribution in [2.75, 3.05) is 6.54 Å². The lowest BCUT2D eigenvalue weighted by molar-refractivity contribution is -0.135. The Bertz CT molecular complexity index is 386. The van der Waals surface area contributed by atoms with E-state index in [9.17, 15) is 4.79 Å². The highest BCUT2D eigenvalue weighted by Crippen LogP contribution is 2.31. The number of nitrogens with zero attached hydrogens (tertiary/aromatic N) is 3. The fraction of sp³-hybridized carbons (Fsp3) is 0.727. The third-order valence-electron chi connectivity index (χ3n) is 2.86. The van der Waals surface area contributed by atoms with Crippen LogP contribution < -0.4 is 0 Å². The summed E-state index contributed by atoms with van der Waals surface area (Å²) in [4.78, 5) is 13.8. The molecule has 16 heavy (non-hydrogen) atoms. The largest absolute Gasteiger partial charge is 0.423 e. The lowest BCUT2D eigenvalue weighted by Crippen LogP contribution is -2.33. The van der Waals surface area contributed by atoms with Crippen LogP contribution in [-0.4, -0.2) is 27.5 Å². The zero-order valence-electron chi connectivity index (χ0n) is 9.93. The Labute approximate surface area is 94.8 Å². The molecule has 2 rings (SSSR count). The van der Waals surface area contributed by atoms with Gasteiger partial charge in [0.15, 0.2) is 0 Å². The second-order valence-corrected chi connectivity index (χ2v) is 4.50. The van der Waals surface area contributed by atoms with E-state index in [-0.39, 0.29) is 17.9 Å². The van der Waals surface area contributed by atoms with Gasteiger partial charge in [-0.1, -0.05) is 13.8 Å². The highest BCUT2D eigenvalue weighted by Gasteiger charge is 2.34. The molecule has 0 aliphatic carbocycles. The SMILES string of the molecule is Cc1nnc(C2CCCN2C(=O)C(C)C)o1. The van der Waals surface area contributed by atoms with Gasteiger partial charge in [0.1, 0.15) is 6.04 Å². The molecular weight excluding hydrogens is 206 g/mol. The van der Waals surface area contributed by atoms with Crippen LogP contribution in [0.4, 0.5) is 0 Å². The predicted octanol–water partition coefficient (Wildman–Crippen LogP) is 1.70. The van der Waals surface area contributed by atoms with Crippen molar-refractivity contribution >= 4 is 5.91 Å². The third kappa shape index (κ3) is 1.94. The average Bonchev–Trinajstić information content (AvgIpc) is 2.83. The van der Waals surface area contributed by atoms with Crippen LogP contribution >= 0.6 is 0 Å². The lowest BCUT2D eigenvalue weighted by atomic mass is 10.1. The van der Waals surface area contributed by atoms with Gasteiger partial charge in [-0.15, -0.1) is 10.2 Å². The molecule has 1 amide bonds. The standard InChI is InChI=1S/C11H17N3O2/c1-7(2)11(15)14-6-4-5-9(14)10-13-12-8(3)16-10/h7,9H,4-6H2,1-3H3. The van der Waals surface area contributed by atoms with E-state index in [0.717, 1.165) is 19.4 Å². The lowest BCUT2D eigenvalue weighted by Gasteiger charge is -2.23. The fourth-order valence-electron chi connectivity index (χ4n) is 2.07. The van der Waals surface area contributed by atoms with Crippen molar-refractivity contribution in [1.29, 1.82) is 0 Å². The highest BCUT2D eigenvalue weighted by atomic mass is 16.4. The summed E-state index contributed by atoms with van der Waals surface area (Å²) in [5, 5.41) is 7.82. The Morgan fingerprint density at radius 2 is 2.25 bits per heavy atom. The van der Waals surface area contributed by atoms with Crippen molar-refractivity contribution in [3.63, 3.8) is 0 Å². The van der Waals surface area contributed by atoms with Crippen LogP contribution in [0.3, 0.4) is 0 Å². The number of aromatic nitrogens is 2. The number of hydrogen-bond acceptors (Lipinski definition) is 4. The Balaban J connectivity index is 2.18. The first kappa shape index (κ1) is 11.1. The highest BCUT2D eigenvalue weighted by molar-refractivity contribution is 5.78. The predicted molar refractivity (Wildman–Crippen MR) is 57.6 cm³/mol. The van der Waals surface area contributed by atoms with Crippen molar-refractivity contribution in [1.82, 2.24) is 15.1 Å². The van der Waals surface area contributed by atoms with E-state index in [4.69, 9.17) is 4.42 Å². The molecule has 88 valence electrons. The maximum atomic E-state index is 12.0. The Hall–Kier alpha value is -1.39. The van der Waals surface area contributed by atoms with Gasteiger partial charge < -0.3 is 9.32 Å². The summed E-state index contributed by atoms with van der Waals surface area (Å²) in [6, 6.07) is -0.0175. The van der Waals surface area contributed by atoms with Gasteiger partial charge in [-0.25, -0.2) is 0 Å². The van der Waals surface area contributed by atoms with Crippen LogP contribution in [0.2, 0.25) is 0 Å². The van der Waals surface area contributed by atoms with Crippen molar-refractivity contribution in [2.45, 2.75) is 39.7 Å². The normalized spacial score (nSPS) is 20.8. The van der Waals surface area contributed by atoms with Crippen molar-refractivity contribution < 1.29 is 9.21 Å². The Morgan fingerprint density at radius 1 is 1.50 bits per heavy atom. The summed E-state index contributed by atoms with van der Waals surface area (Å²) in [5.74, 6) is 1.31. The Morgan fingerprint density at radius 3 is 2.81 bits per heavy atom. The first-order chi connectivity index (χ1) is 7.59. The molecule has 2 heterocycles. The molecule has 0 saturated carbocycles. The van der Waals surface area contributed by atoms with Gasteiger partial charge in [0.2, 0.25) is 17.7 Å². The minimum absolute atomic E-state index is 0.0175. The van der Waals surface area contributed by atoms with Gasteiger partial charge in [0.25, 0.3) is 0 Å². The molecular formula is C11H17N3O2. The maximum Gasteiger partial charge on any atom is 0.238 e. The second-order valence-electron chi connectivity index (χ2n) is 4.50. The van der Waals surface area contributed by atoms with Crippen LogP contribution in [0.1, 0.15) is 44.5 Å². The van der Waals surface area contributed by atoms with E-state index in [1.54, 1.807) is 6.92 Å². The molecule has 1 aromatic heterocycles. The molecule has 1 unspecified atom stereocenters. The average molecular weight is 223 g/mol. The smallest absolute Gasteiger partial charge is 0.238 e. The number of hydrogen-bond donors (Lipinski definition) is 0. The summed E-state index contributed by atoms with van der Waals surface area (Å²) >= 11 is 0. The van der Waals surface area contributed by atoms with Crippen molar-refractivity contribution in [2.24, 2.45) is 5.92 Å². The summed E-state index contributed by atoms with van der Waals surface area (Å²) < 4.78 is 5.41. The van der Waals surface area contributed by atoms with Gasteiger partial charge >= 0.3 is 0 Å². The molecule has 0 bridgehead atoms. The minimum atomic E-state index is -0.0175. The number of carbonyl (C=O) groups excluding carboxylic acids is 1. The van der Waals surface area contributed by atoms with Gasteiger partial charge in [-0.2, -0.15) is 0 Å². The van der Waals surface area contributed by atoms with Gasteiger partial charge in [-0.05, 0) is 12.8 Å². The molecule has 0 aromatic carbocycles. The van der Waals surface area contributed by atoms with E-state index in [2.05, 4.69) is 10.2 Å². The quantitative estimate of drug-likeness (QED) is 0.765. The molecule has 5 heteroatoms. The van der Waals surface area contributed by atoms with Crippen LogP contribution in [0, 0.1) is 12.8 Å². The molecule has 0 N–H and O–H groups in total. The van der Waals surface area contributed by atoms with E-state index in [1.807, 2.05) is 18.7 Å². The molecule has 0 radical (unpaired) electrons. The van der Waals surface area contributed by atoms with Crippen molar-refractivity contribution in [3.8, 4) is 0 Å². The van der Waals surface area contributed by atoms with Crippen LogP contribution in [0.5, 0.6) is 0 Å². The maximum absolute atomic E-state index is 12.0.